The second kappa shape index (κ2) is 8.32. The molecule has 1 unspecified atom stereocenters. The van der Waals surface area contributed by atoms with Gasteiger partial charge in [0.25, 0.3) is 5.56 Å². The van der Waals surface area contributed by atoms with Crippen molar-refractivity contribution >= 4 is 40.2 Å². The van der Waals surface area contributed by atoms with Gasteiger partial charge in [0.1, 0.15) is 35.4 Å². The first-order chi connectivity index (χ1) is 15.3. The van der Waals surface area contributed by atoms with Crippen LogP contribution in [0.4, 0.5) is 16.4 Å². The van der Waals surface area contributed by atoms with Crippen LogP contribution in [0.2, 0.25) is 5.02 Å². The lowest BCUT2D eigenvalue weighted by molar-refractivity contribution is 0.165. The van der Waals surface area contributed by atoms with Crippen LogP contribution in [0.3, 0.4) is 0 Å². The van der Waals surface area contributed by atoms with Gasteiger partial charge in [0, 0.05) is 12.1 Å². The number of halogens is 1. The number of nitriles is 1. The van der Waals surface area contributed by atoms with Crippen LogP contribution in [0, 0.1) is 11.3 Å². The SMILES string of the molecule is CC(Nc1ncnc(N)c1C#N)c1nc2cccc(Cl)c2c(=O)n1C1CC(NC(=O)O)C1. The molecule has 1 fully saturated rings. The molecule has 12 heteroatoms. The molecule has 164 valence electrons. The number of nitrogens with two attached hydrogens (primary N) is 1. The van der Waals surface area contributed by atoms with E-state index in [1.54, 1.807) is 29.7 Å². The molecule has 0 bridgehead atoms. The lowest BCUT2D eigenvalue weighted by Gasteiger charge is -2.38. The van der Waals surface area contributed by atoms with E-state index in [-0.39, 0.29) is 39.9 Å². The fourth-order valence-electron chi connectivity index (χ4n) is 3.86. The number of nitrogen functional groups attached to an aromatic ring is 1. The zero-order valence-corrected chi connectivity index (χ0v) is 17.7. The lowest BCUT2D eigenvalue weighted by atomic mass is 9.86. The summed E-state index contributed by atoms with van der Waals surface area (Å²) >= 11 is 6.29. The highest BCUT2D eigenvalue weighted by Gasteiger charge is 2.35. The van der Waals surface area contributed by atoms with Crippen LogP contribution < -0.4 is 21.9 Å². The van der Waals surface area contributed by atoms with E-state index in [1.165, 1.54) is 6.33 Å². The van der Waals surface area contributed by atoms with Gasteiger partial charge >= 0.3 is 6.09 Å². The van der Waals surface area contributed by atoms with E-state index < -0.39 is 12.1 Å². The minimum Gasteiger partial charge on any atom is -0.465 e. The van der Waals surface area contributed by atoms with Crippen LogP contribution >= 0.6 is 11.6 Å². The van der Waals surface area contributed by atoms with Gasteiger partial charge in [-0.25, -0.2) is 19.7 Å². The molecule has 1 aromatic carbocycles. The summed E-state index contributed by atoms with van der Waals surface area (Å²) in [7, 11) is 0. The summed E-state index contributed by atoms with van der Waals surface area (Å²) in [6.07, 6.45) is 1.00. The molecule has 0 spiro atoms. The first kappa shape index (κ1) is 21.3. The van der Waals surface area contributed by atoms with Crippen molar-refractivity contribution in [2.24, 2.45) is 0 Å². The predicted molar refractivity (Wildman–Crippen MR) is 117 cm³/mol. The Bertz CT molecular complexity index is 1310. The second-order valence-electron chi connectivity index (χ2n) is 7.51. The van der Waals surface area contributed by atoms with Crippen LogP contribution in [0.25, 0.3) is 10.9 Å². The number of aromatic nitrogens is 4. The molecular weight excluding hydrogens is 436 g/mol. The summed E-state index contributed by atoms with van der Waals surface area (Å²) in [5.41, 5.74) is 5.98. The molecule has 1 amide bonds. The number of anilines is 2. The number of nitrogens with one attached hydrogen (secondary N) is 2. The molecule has 4 rings (SSSR count). The number of hydrogen-bond donors (Lipinski definition) is 4. The van der Waals surface area contributed by atoms with Gasteiger partial charge in [-0.1, -0.05) is 17.7 Å². The fraction of sp³-hybridized carbons (Fsp3) is 0.300. The number of carboxylic acid groups (broad SMARTS) is 1. The van der Waals surface area contributed by atoms with Gasteiger partial charge in [0.05, 0.1) is 22.0 Å². The maximum Gasteiger partial charge on any atom is 0.404 e. The third kappa shape index (κ3) is 3.76. The zero-order chi connectivity index (χ0) is 23.0. The molecule has 2 aromatic heterocycles. The Morgan fingerprint density at radius 1 is 1.41 bits per heavy atom. The number of rotatable bonds is 5. The number of carbonyl (C=O) groups is 1. The minimum absolute atomic E-state index is 0.0365. The van der Waals surface area contributed by atoms with E-state index in [0.29, 0.717) is 29.6 Å². The average Bonchev–Trinajstić information content (AvgIpc) is 2.71. The number of fused-ring (bicyclic) bond motifs is 1. The number of nitrogens with zero attached hydrogens (tertiary/aromatic N) is 5. The van der Waals surface area contributed by atoms with Crippen molar-refractivity contribution in [1.82, 2.24) is 24.8 Å². The molecule has 0 radical (unpaired) electrons. The maximum absolute atomic E-state index is 13.4. The Kier molecular flexibility index (Phi) is 5.54. The third-order valence-corrected chi connectivity index (χ3v) is 5.76. The summed E-state index contributed by atoms with van der Waals surface area (Å²) in [5, 5.41) is 24.5. The fourth-order valence-corrected chi connectivity index (χ4v) is 4.11. The molecular formula is C20H19ClN8O3. The molecule has 3 aromatic rings. The highest BCUT2D eigenvalue weighted by molar-refractivity contribution is 6.35. The van der Waals surface area contributed by atoms with Gasteiger partial charge in [-0.3, -0.25) is 9.36 Å². The topological polar surface area (TPSA) is 172 Å². The van der Waals surface area contributed by atoms with Gasteiger partial charge in [-0.15, -0.1) is 0 Å². The van der Waals surface area contributed by atoms with Crippen LogP contribution in [0.5, 0.6) is 0 Å². The molecule has 11 nitrogen and oxygen atoms in total. The Balaban J connectivity index is 1.78. The third-order valence-electron chi connectivity index (χ3n) is 5.44. The van der Waals surface area contributed by atoms with Gasteiger partial charge in [-0.2, -0.15) is 5.26 Å². The molecule has 5 N–H and O–H groups in total. The number of amides is 1. The zero-order valence-electron chi connectivity index (χ0n) is 16.9. The van der Waals surface area contributed by atoms with E-state index in [4.69, 9.17) is 22.4 Å². The van der Waals surface area contributed by atoms with Crippen molar-refractivity contribution in [3.8, 4) is 6.07 Å². The quantitative estimate of drug-likeness (QED) is 0.451. The van der Waals surface area contributed by atoms with Crippen molar-refractivity contribution in [1.29, 1.82) is 5.26 Å². The molecule has 1 saturated carbocycles. The van der Waals surface area contributed by atoms with Gasteiger partial charge < -0.3 is 21.5 Å². The van der Waals surface area contributed by atoms with E-state index in [0.717, 1.165) is 0 Å². The summed E-state index contributed by atoms with van der Waals surface area (Å²) in [6, 6.07) is 5.93. The summed E-state index contributed by atoms with van der Waals surface area (Å²) < 4.78 is 1.54. The Labute approximate surface area is 186 Å². The monoisotopic (exact) mass is 454 g/mol. The average molecular weight is 455 g/mol. The highest BCUT2D eigenvalue weighted by Crippen LogP contribution is 2.35. The van der Waals surface area contributed by atoms with Crippen molar-refractivity contribution in [2.75, 3.05) is 11.1 Å². The second-order valence-corrected chi connectivity index (χ2v) is 7.92. The van der Waals surface area contributed by atoms with E-state index in [9.17, 15) is 14.9 Å². The Hall–Kier alpha value is -3.91. The normalized spacial score (nSPS) is 18.4. The smallest absolute Gasteiger partial charge is 0.404 e. The first-order valence-electron chi connectivity index (χ1n) is 9.77. The largest absolute Gasteiger partial charge is 0.465 e. The van der Waals surface area contributed by atoms with Gasteiger partial charge in [-0.05, 0) is 31.9 Å². The van der Waals surface area contributed by atoms with Crippen LogP contribution in [0.1, 0.15) is 43.2 Å². The van der Waals surface area contributed by atoms with Crippen molar-refractivity contribution in [3.05, 3.63) is 51.3 Å². The predicted octanol–water partition coefficient (Wildman–Crippen LogP) is 2.44. The van der Waals surface area contributed by atoms with Crippen LogP contribution in [-0.2, 0) is 0 Å². The van der Waals surface area contributed by atoms with Crippen molar-refractivity contribution in [3.63, 3.8) is 0 Å². The lowest BCUT2D eigenvalue weighted by Crippen LogP contribution is -2.47. The summed E-state index contributed by atoms with van der Waals surface area (Å²) in [5.74, 6) is 0.664. The molecule has 0 saturated heterocycles. The molecule has 32 heavy (non-hydrogen) atoms. The molecule has 2 heterocycles. The number of hydrogen-bond acceptors (Lipinski definition) is 8. The Morgan fingerprint density at radius 3 is 2.84 bits per heavy atom. The highest BCUT2D eigenvalue weighted by atomic mass is 35.5. The van der Waals surface area contributed by atoms with E-state index >= 15 is 0 Å². The van der Waals surface area contributed by atoms with Crippen molar-refractivity contribution in [2.45, 2.75) is 37.9 Å². The van der Waals surface area contributed by atoms with Crippen molar-refractivity contribution < 1.29 is 9.90 Å². The first-order valence-corrected chi connectivity index (χ1v) is 10.1. The standard InChI is InChI=1S/C20H19ClN8O3/c1-9(26-17-12(7-22)16(23)24-8-25-17)18-28-14-4-2-3-13(21)15(14)19(30)29(18)11-5-10(6-11)27-20(31)32/h2-4,8-11,27H,5-6H2,1H3,(H,31,32)(H3,23,24,25,26). The molecule has 1 aliphatic carbocycles. The minimum atomic E-state index is -1.11. The Morgan fingerprint density at radius 2 is 2.16 bits per heavy atom. The maximum atomic E-state index is 13.4. The molecule has 0 aliphatic heterocycles. The van der Waals surface area contributed by atoms with Gasteiger partial charge in [0.2, 0.25) is 0 Å². The summed E-state index contributed by atoms with van der Waals surface area (Å²) in [4.78, 5) is 37.0. The molecule has 1 atom stereocenters. The number of benzene rings is 1. The van der Waals surface area contributed by atoms with E-state index in [2.05, 4.69) is 25.6 Å². The van der Waals surface area contributed by atoms with Crippen LogP contribution in [0.15, 0.2) is 29.3 Å². The van der Waals surface area contributed by atoms with E-state index in [1.807, 2.05) is 6.07 Å². The molecule has 1 aliphatic rings. The van der Waals surface area contributed by atoms with Crippen LogP contribution in [-0.4, -0.2) is 36.8 Å². The van der Waals surface area contributed by atoms with Gasteiger partial charge in [0.15, 0.2) is 0 Å². The summed E-state index contributed by atoms with van der Waals surface area (Å²) in [6.45, 7) is 1.78.